The Balaban J connectivity index is 2.29. The summed E-state index contributed by atoms with van der Waals surface area (Å²) in [7, 11) is 0. The molecule has 0 radical (unpaired) electrons. The molecule has 1 saturated carbocycles. The largest absolute Gasteiger partial charge is 0.508 e. The first-order chi connectivity index (χ1) is 6.66. The summed E-state index contributed by atoms with van der Waals surface area (Å²) in [6, 6.07) is 0. The van der Waals surface area contributed by atoms with Crippen molar-refractivity contribution in [2.45, 2.75) is 58.0 Å². The molecule has 0 unspecified atom stereocenters. The summed E-state index contributed by atoms with van der Waals surface area (Å²) >= 11 is 0. The summed E-state index contributed by atoms with van der Waals surface area (Å²) in [4.78, 5) is 11.2. The highest BCUT2D eigenvalue weighted by Gasteiger charge is 2.31. The lowest BCUT2D eigenvalue weighted by molar-refractivity contribution is -0.0439. The average molecular weight is 200 g/mol. The van der Waals surface area contributed by atoms with Crippen LogP contribution in [0.25, 0.3) is 0 Å². The van der Waals surface area contributed by atoms with Crippen LogP contribution in [0.3, 0.4) is 0 Å². The molecule has 0 saturated heterocycles. The van der Waals surface area contributed by atoms with Crippen molar-refractivity contribution in [1.29, 1.82) is 0 Å². The summed E-state index contributed by atoms with van der Waals surface area (Å²) in [6.45, 7) is 4.42. The molecule has 0 aromatic carbocycles. The second-order valence-electron chi connectivity index (χ2n) is 4.21. The molecular formula is C11H20O3. The molecule has 0 aromatic rings. The van der Waals surface area contributed by atoms with Crippen molar-refractivity contribution in [2.24, 2.45) is 0 Å². The van der Waals surface area contributed by atoms with Gasteiger partial charge in [-0.05, 0) is 39.0 Å². The van der Waals surface area contributed by atoms with Crippen molar-refractivity contribution >= 4 is 6.16 Å². The van der Waals surface area contributed by atoms with E-state index in [1.54, 1.807) is 0 Å². The van der Waals surface area contributed by atoms with Crippen LogP contribution in [0, 0.1) is 0 Å². The van der Waals surface area contributed by atoms with Crippen LogP contribution < -0.4 is 0 Å². The van der Waals surface area contributed by atoms with Crippen molar-refractivity contribution in [3.63, 3.8) is 0 Å². The molecule has 0 bridgehead atoms. The Bertz CT molecular complexity index is 183. The Morgan fingerprint density at radius 1 is 1.29 bits per heavy atom. The minimum atomic E-state index is -0.503. The van der Waals surface area contributed by atoms with Crippen LogP contribution in [0.2, 0.25) is 0 Å². The third-order valence-electron chi connectivity index (χ3n) is 2.67. The van der Waals surface area contributed by atoms with Crippen molar-refractivity contribution < 1.29 is 14.3 Å². The smallest absolute Gasteiger partial charge is 0.434 e. The molecule has 1 fully saturated rings. The van der Waals surface area contributed by atoms with E-state index in [2.05, 4.69) is 0 Å². The predicted octanol–water partition coefficient (Wildman–Crippen LogP) is 3.27. The van der Waals surface area contributed by atoms with Crippen LogP contribution in [-0.2, 0) is 9.47 Å². The summed E-state index contributed by atoms with van der Waals surface area (Å²) in [5.41, 5.74) is -0.275. The zero-order chi connectivity index (χ0) is 10.4. The van der Waals surface area contributed by atoms with Gasteiger partial charge in [0.25, 0.3) is 0 Å². The minimum Gasteiger partial charge on any atom is -0.434 e. The van der Waals surface area contributed by atoms with E-state index in [0.29, 0.717) is 6.61 Å². The molecule has 0 atom stereocenters. The second-order valence-corrected chi connectivity index (χ2v) is 4.21. The highest BCUT2D eigenvalue weighted by atomic mass is 16.7. The van der Waals surface area contributed by atoms with Crippen molar-refractivity contribution in [3.05, 3.63) is 0 Å². The maximum absolute atomic E-state index is 11.2. The molecule has 14 heavy (non-hydrogen) atoms. The molecule has 0 aromatic heterocycles. The Labute approximate surface area is 85.8 Å². The lowest BCUT2D eigenvalue weighted by Crippen LogP contribution is -2.34. The maximum Gasteiger partial charge on any atom is 0.508 e. The van der Waals surface area contributed by atoms with E-state index < -0.39 is 6.16 Å². The van der Waals surface area contributed by atoms with Crippen LogP contribution >= 0.6 is 0 Å². The van der Waals surface area contributed by atoms with E-state index in [1.165, 1.54) is 6.42 Å². The maximum atomic E-state index is 11.2. The number of carbonyl (C=O) groups is 1. The van der Waals surface area contributed by atoms with Gasteiger partial charge in [0, 0.05) is 0 Å². The highest BCUT2D eigenvalue weighted by Crippen LogP contribution is 2.31. The third-order valence-corrected chi connectivity index (χ3v) is 2.67. The Kier molecular flexibility index (Phi) is 4.23. The van der Waals surface area contributed by atoms with E-state index in [1.807, 2.05) is 13.8 Å². The molecule has 0 N–H and O–H groups in total. The fraction of sp³-hybridized carbons (Fsp3) is 0.909. The summed E-state index contributed by atoms with van der Waals surface area (Å²) < 4.78 is 10.2. The van der Waals surface area contributed by atoms with Crippen LogP contribution in [0.5, 0.6) is 0 Å². The van der Waals surface area contributed by atoms with E-state index in [9.17, 15) is 4.79 Å². The zero-order valence-electron chi connectivity index (χ0n) is 9.17. The van der Waals surface area contributed by atoms with Gasteiger partial charge in [-0.15, -0.1) is 0 Å². The number of rotatable bonds is 3. The summed E-state index contributed by atoms with van der Waals surface area (Å²) in [6.07, 6.45) is 5.82. The number of carbonyl (C=O) groups excluding carboxylic acids is 1. The van der Waals surface area contributed by atoms with Gasteiger partial charge in [0.1, 0.15) is 5.60 Å². The van der Waals surface area contributed by atoms with Crippen LogP contribution in [0.4, 0.5) is 4.79 Å². The van der Waals surface area contributed by atoms with Gasteiger partial charge in [0.15, 0.2) is 0 Å². The zero-order valence-corrected chi connectivity index (χ0v) is 9.17. The fourth-order valence-electron chi connectivity index (χ4n) is 1.82. The van der Waals surface area contributed by atoms with Gasteiger partial charge in [-0.2, -0.15) is 0 Å². The lowest BCUT2D eigenvalue weighted by atomic mass is 9.86. The van der Waals surface area contributed by atoms with E-state index in [-0.39, 0.29) is 5.60 Å². The predicted molar refractivity (Wildman–Crippen MR) is 54.2 cm³/mol. The van der Waals surface area contributed by atoms with Crippen molar-refractivity contribution in [2.75, 3.05) is 6.61 Å². The number of hydrogen-bond acceptors (Lipinski definition) is 3. The number of ether oxygens (including phenoxy) is 2. The van der Waals surface area contributed by atoms with Crippen molar-refractivity contribution in [1.82, 2.24) is 0 Å². The lowest BCUT2D eigenvalue weighted by Gasteiger charge is -2.32. The minimum absolute atomic E-state index is 0.275. The quantitative estimate of drug-likeness (QED) is 0.656. The molecule has 3 heteroatoms. The van der Waals surface area contributed by atoms with E-state index >= 15 is 0 Å². The fourth-order valence-corrected chi connectivity index (χ4v) is 1.82. The van der Waals surface area contributed by atoms with Gasteiger partial charge in [-0.3, -0.25) is 0 Å². The van der Waals surface area contributed by atoms with Gasteiger partial charge in [-0.25, -0.2) is 4.79 Å². The van der Waals surface area contributed by atoms with Crippen LogP contribution in [0.15, 0.2) is 0 Å². The van der Waals surface area contributed by atoms with Crippen LogP contribution in [-0.4, -0.2) is 18.4 Å². The van der Waals surface area contributed by atoms with Gasteiger partial charge in [0.2, 0.25) is 0 Å². The first-order valence-electron chi connectivity index (χ1n) is 5.52. The normalized spacial score (nSPS) is 20.1. The molecule has 0 spiro atoms. The Hall–Kier alpha value is -0.730. The van der Waals surface area contributed by atoms with Gasteiger partial charge >= 0.3 is 6.16 Å². The highest BCUT2D eigenvalue weighted by molar-refractivity contribution is 5.60. The van der Waals surface area contributed by atoms with Gasteiger partial charge < -0.3 is 9.47 Å². The Morgan fingerprint density at radius 3 is 2.50 bits per heavy atom. The molecule has 1 aliphatic carbocycles. The average Bonchev–Trinajstić information content (AvgIpc) is 2.15. The first-order valence-corrected chi connectivity index (χ1v) is 5.52. The third kappa shape index (κ3) is 3.56. The van der Waals surface area contributed by atoms with Crippen molar-refractivity contribution in [3.8, 4) is 0 Å². The second kappa shape index (κ2) is 5.23. The van der Waals surface area contributed by atoms with E-state index in [0.717, 1.165) is 32.1 Å². The first kappa shape index (κ1) is 11.3. The SMILES string of the molecule is CCCOC(=O)OC1(C)CCCCC1. The van der Waals surface area contributed by atoms with Gasteiger partial charge in [0.05, 0.1) is 6.61 Å². The molecule has 82 valence electrons. The Morgan fingerprint density at radius 2 is 1.93 bits per heavy atom. The topological polar surface area (TPSA) is 35.5 Å². The molecule has 3 nitrogen and oxygen atoms in total. The molecule has 1 aliphatic rings. The monoisotopic (exact) mass is 200 g/mol. The molecular weight excluding hydrogens is 180 g/mol. The summed E-state index contributed by atoms with van der Waals surface area (Å²) in [5.74, 6) is 0. The molecule has 0 heterocycles. The number of hydrogen-bond donors (Lipinski definition) is 0. The standard InChI is InChI=1S/C11H20O3/c1-3-9-13-10(12)14-11(2)7-5-4-6-8-11/h3-9H2,1-2H3. The summed E-state index contributed by atoms with van der Waals surface area (Å²) in [5, 5.41) is 0. The van der Waals surface area contributed by atoms with Crippen LogP contribution in [0.1, 0.15) is 52.4 Å². The molecule has 0 aliphatic heterocycles. The van der Waals surface area contributed by atoms with Gasteiger partial charge in [-0.1, -0.05) is 13.3 Å². The molecule has 0 amide bonds. The van der Waals surface area contributed by atoms with E-state index in [4.69, 9.17) is 9.47 Å². The molecule has 1 rings (SSSR count).